The average Bonchev–Trinajstić information content (AvgIpc) is 2.46. The molecule has 1 amide bonds. The molecule has 92 valence electrons. The minimum atomic E-state index is 0.116. The molecule has 0 saturated carbocycles. The number of pyridine rings is 1. The van der Waals surface area contributed by atoms with Crippen LogP contribution in [0.1, 0.15) is 12.0 Å². The highest BCUT2D eigenvalue weighted by atomic mass is 16.2. The summed E-state index contributed by atoms with van der Waals surface area (Å²) < 4.78 is 0. The third-order valence-corrected chi connectivity index (χ3v) is 3.16. The van der Waals surface area contributed by atoms with Crippen LogP contribution in [-0.2, 0) is 4.79 Å². The number of aryl methyl sites for hydroxylation is 1. The molecule has 1 aromatic heterocycles. The summed E-state index contributed by atoms with van der Waals surface area (Å²) in [5.74, 6) is 0.846. The molecule has 1 fully saturated rings. The number of carbonyl (C=O) groups is 1. The Morgan fingerprint density at radius 2 is 2.18 bits per heavy atom. The summed E-state index contributed by atoms with van der Waals surface area (Å²) in [6.07, 6.45) is 2.68. The van der Waals surface area contributed by atoms with Gasteiger partial charge in [0.2, 0.25) is 5.91 Å². The number of nitrogens with two attached hydrogens (primary N) is 1. The van der Waals surface area contributed by atoms with Crippen molar-refractivity contribution in [1.82, 2.24) is 9.88 Å². The van der Waals surface area contributed by atoms with E-state index in [1.54, 1.807) is 11.1 Å². The van der Waals surface area contributed by atoms with Crippen LogP contribution in [0.3, 0.4) is 0 Å². The van der Waals surface area contributed by atoms with Gasteiger partial charge in [0.05, 0.1) is 12.2 Å². The van der Waals surface area contributed by atoms with Gasteiger partial charge in [-0.25, -0.2) is 4.98 Å². The summed E-state index contributed by atoms with van der Waals surface area (Å²) in [5.41, 5.74) is 7.69. The van der Waals surface area contributed by atoms with Crippen LogP contribution in [0, 0.1) is 6.92 Å². The van der Waals surface area contributed by atoms with Crippen molar-refractivity contribution < 1.29 is 4.79 Å². The van der Waals surface area contributed by atoms with Gasteiger partial charge in [0, 0.05) is 26.3 Å². The summed E-state index contributed by atoms with van der Waals surface area (Å²) in [4.78, 5) is 19.8. The fourth-order valence-corrected chi connectivity index (χ4v) is 1.97. The van der Waals surface area contributed by atoms with E-state index in [1.165, 1.54) is 0 Å². The molecule has 1 aliphatic rings. The number of nitrogen functional groups attached to an aromatic ring is 1. The SMILES string of the molecule is Cc1ccnc(N2CCCN(C)C(=O)C2)c1N. The quantitative estimate of drug-likeness (QED) is 0.774. The van der Waals surface area contributed by atoms with Gasteiger partial charge in [-0.15, -0.1) is 0 Å². The first-order valence-electron chi connectivity index (χ1n) is 5.79. The summed E-state index contributed by atoms with van der Waals surface area (Å²) in [7, 11) is 1.83. The van der Waals surface area contributed by atoms with Crippen LogP contribution in [0.2, 0.25) is 0 Å². The molecule has 1 aliphatic heterocycles. The first-order chi connectivity index (χ1) is 8.09. The lowest BCUT2D eigenvalue weighted by Gasteiger charge is -2.22. The van der Waals surface area contributed by atoms with Gasteiger partial charge in [0.15, 0.2) is 5.82 Å². The monoisotopic (exact) mass is 234 g/mol. The molecule has 0 spiro atoms. The maximum Gasteiger partial charge on any atom is 0.241 e. The van der Waals surface area contributed by atoms with Crippen LogP contribution in [0.25, 0.3) is 0 Å². The molecule has 2 rings (SSSR count). The second-order valence-corrected chi connectivity index (χ2v) is 4.46. The van der Waals surface area contributed by atoms with Gasteiger partial charge >= 0.3 is 0 Å². The Labute approximate surface area is 101 Å². The Hall–Kier alpha value is -1.78. The fraction of sp³-hybridized carbons (Fsp3) is 0.500. The van der Waals surface area contributed by atoms with Gasteiger partial charge in [-0.3, -0.25) is 4.79 Å². The third kappa shape index (κ3) is 2.33. The van der Waals surface area contributed by atoms with Crippen molar-refractivity contribution in [2.75, 3.05) is 37.3 Å². The Balaban J connectivity index is 2.27. The highest BCUT2D eigenvalue weighted by Crippen LogP contribution is 2.24. The minimum absolute atomic E-state index is 0.116. The average molecular weight is 234 g/mol. The van der Waals surface area contributed by atoms with Gasteiger partial charge in [0.1, 0.15) is 0 Å². The molecule has 1 saturated heterocycles. The van der Waals surface area contributed by atoms with Crippen LogP contribution >= 0.6 is 0 Å². The van der Waals surface area contributed by atoms with Gasteiger partial charge in [-0.2, -0.15) is 0 Å². The van der Waals surface area contributed by atoms with Crippen molar-refractivity contribution in [1.29, 1.82) is 0 Å². The largest absolute Gasteiger partial charge is 0.396 e. The van der Waals surface area contributed by atoms with Crippen molar-refractivity contribution in [2.45, 2.75) is 13.3 Å². The van der Waals surface area contributed by atoms with Crippen LogP contribution in [0.4, 0.5) is 11.5 Å². The summed E-state index contributed by atoms with van der Waals surface area (Å²) in [6.45, 7) is 3.92. The van der Waals surface area contributed by atoms with Crippen molar-refractivity contribution in [3.8, 4) is 0 Å². The lowest BCUT2D eigenvalue weighted by Crippen LogP contribution is -2.35. The number of carbonyl (C=O) groups excluding carboxylic acids is 1. The molecule has 2 N–H and O–H groups in total. The number of rotatable bonds is 1. The van der Waals surface area contributed by atoms with Crippen molar-refractivity contribution in [3.05, 3.63) is 17.8 Å². The van der Waals surface area contributed by atoms with Gasteiger partial charge < -0.3 is 15.5 Å². The van der Waals surface area contributed by atoms with Gasteiger partial charge in [0.25, 0.3) is 0 Å². The number of hydrogen-bond acceptors (Lipinski definition) is 4. The predicted molar refractivity (Wildman–Crippen MR) is 67.9 cm³/mol. The number of hydrogen-bond donors (Lipinski definition) is 1. The van der Waals surface area contributed by atoms with Crippen molar-refractivity contribution >= 4 is 17.4 Å². The van der Waals surface area contributed by atoms with Crippen LogP contribution in [0.5, 0.6) is 0 Å². The molecule has 0 bridgehead atoms. The molecule has 0 radical (unpaired) electrons. The van der Waals surface area contributed by atoms with Gasteiger partial charge in [-0.1, -0.05) is 0 Å². The molecule has 1 aromatic rings. The van der Waals surface area contributed by atoms with E-state index in [0.29, 0.717) is 12.2 Å². The second-order valence-electron chi connectivity index (χ2n) is 4.46. The summed E-state index contributed by atoms with van der Waals surface area (Å²) in [5, 5.41) is 0. The van der Waals surface area contributed by atoms with E-state index in [4.69, 9.17) is 5.73 Å². The zero-order valence-corrected chi connectivity index (χ0v) is 10.3. The maximum atomic E-state index is 11.8. The van der Waals surface area contributed by atoms with Crippen molar-refractivity contribution in [3.63, 3.8) is 0 Å². The number of aromatic nitrogens is 1. The summed E-state index contributed by atoms with van der Waals surface area (Å²) >= 11 is 0. The highest BCUT2D eigenvalue weighted by Gasteiger charge is 2.21. The first kappa shape index (κ1) is 11.7. The number of likely N-dealkylation sites (N-methyl/N-ethyl adjacent to an activating group) is 1. The molecule has 17 heavy (non-hydrogen) atoms. The topological polar surface area (TPSA) is 62.5 Å². The molecule has 0 atom stereocenters. The molecule has 5 nitrogen and oxygen atoms in total. The molecular weight excluding hydrogens is 216 g/mol. The zero-order valence-electron chi connectivity index (χ0n) is 10.3. The molecule has 2 heterocycles. The number of nitrogens with zero attached hydrogens (tertiary/aromatic N) is 3. The van der Waals surface area contributed by atoms with Crippen LogP contribution < -0.4 is 10.6 Å². The Morgan fingerprint density at radius 1 is 1.41 bits per heavy atom. The second kappa shape index (κ2) is 4.61. The van der Waals surface area contributed by atoms with E-state index in [0.717, 1.165) is 30.9 Å². The van der Waals surface area contributed by atoms with E-state index >= 15 is 0 Å². The molecule has 0 aliphatic carbocycles. The minimum Gasteiger partial charge on any atom is -0.396 e. The smallest absolute Gasteiger partial charge is 0.241 e. The molecular formula is C12H18N4O. The van der Waals surface area contributed by atoms with E-state index in [9.17, 15) is 4.79 Å². The Bertz CT molecular complexity index is 433. The lowest BCUT2D eigenvalue weighted by molar-refractivity contribution is -0.127. The molecule has 0 aromatic carbocycles. The third-order valence-electron chi connectivity index (χ3n) is 3.16. The molecule has 0 unspecified atom stereocenters. The maximum absolute atomic E-state index is 11.8. The number of anilines is 2. The normalized spacial score (nSPS) is 17.2. The Morgan fingerprint density at radius 3 is 2.94 bits per heavy atom. The summed E-state index contributed by atoms with van der Waals surface area (Å²) in [6, 6.07) is 1.88. The lowest BCUT2D eigenvalue weighted by atomic mass is 10.2. The van der Waals surface area contributed by atoms with E-state index < -0.39 is 0 Å². The highest BCUT2D eigenvalue weighted by molar-refractivity contribution is 5.83. The first-order valence-corrected chi connectivity index (χ1v) is 5.79. The zero-order chi connectivity index (χ0) is 12.4. The number of amides is 1. The van der Waals surface area contributed by atoms with E-state index in [-0.39, 0.29) is 5.91 Å². The standard InChI is InChI=1S/C12H18N4O/c1-9-4-5-14-12(11(9)13)16-7-3-6-15(2)10(17)8-16/h4-5H,3,6-8,13H2,1-2H3. The predicted octanol–water partition coefficient (Wildman–Crippen LogP) is 0.641. The Kier molecular flexibility index (Phi) is 3.17. The van der Waals surface area contributed by atoms with Crippen molar-refractivity contribution in [2.24, 2.45) is 0 Å². The van der Waals surface area contributed by atoms with Gasteiger partial charge in [-0.05, 0) is 25.0 Å². The van der Waals surface area contributed by atoms with E-state index in [2.05, 4.69) is 4.98 Å². The van der Waals surface area contributed by atoms with Crippen LogP contribution in [-0.4, -0.2) is 42.5 Å². The van der Waals surface area contributed by atoms with Crippen LogP contribution in [0.15, 0.2) is 12.3 Å². The van der Waals surface area contributed by atoms with E-state index in [1.807, 2.05) is 24.9 Å². The fourth-order valence-electron chi connectivity index (χ4n) is 1.97. The molecule has 5 heteroatoms.